The monoisotopic (exact) mass is 544 g/mol. The molecule has 1 aromatic heterocycles. The number of fused-ring (bicyclic) bond motifs is 1. The fraction of sp³-hybridized carbons (Fsp3) is 0.407. The van der Waals surface area contributed by atoms with Gasteiger partial charge in [0, 0.05) is 33.8 Å². The lowest BCUT2D eigenvalue weighted by Gasteiger charge is -2.33. The Labute approximate surface area is 225 Å². The number of hydrogen-bond acceptors (Lipinski definition) is 5. The number of halogens is 2. The Bertz CT molecular complexity index is 1370. The molecule has 2 aromatic carbocycles. The molecule has 4 rings (SSSR count). The SMILES string of the molecule is CO[C@H](C)C(=O)N1CCC(c2ccc3ncn(CC(=O)N(C)Cc4ccc(Cl)c(Cl)c4)c(=O)c3c2)CC1. The third-order valence-electron chi connectivity index (χ3n) is 6.96. The number of methoxy groups -OCH3 is 1. The summed E-state index contributed by atoms with van der Waals surface area (Å²) in [6.45, 7) is 3.26. The van der Waals surface area contributed by atoms with Gasteiger partial charge >= 0.3 is 0 Å². The number of likely N-dealkylation sites (N-methyl/N-ethyl adjacent to an activating group) is 1. The molecule has 0 aliphatic carbocycles. The number of amides is 2. The summed E-state index contributed by atoms with van der Waals surface area (Å²) in [7, 11) is 3.21. The number of carbonyl (C=O) groups excluding carboxylic acids is 2. The standard InChI is InChI=1S/C27H30Cl2N4O4/c1-17(37-3)26(35)32-10-8-19(9-11-32)20-5-7-24-21(13-20)27(36)33(16-30-24)15-25(34)31(2)14-18-4-6-22(28)23(29)12-18/h4-7,12-13,16-17,19H,8-11,14-15H2,1-3H3/t17-/m1/s1. The summed E-state index contributed by atoms with van der Waals surface area (Å²) in [5.74, 6) is 0.00599. The van der Waals surface area contributed by atoms with Crippen molar-refractivity contribution in [2.45, 2.75) is 44.9 Å². The highest BCUT2D eigenvalue weighted by atomic mass is 35.5. The van der Waals surface area contributed by atoms with E-state index in [2.05, 4.69) is 4.98 Å². The molecule has 2 heterocycles. The van der Waals surface area contributed by atoms with E-state index in [1.165, 1.54) is 22.9 Å². The molecule has 1 atom stereocenters. The van der Waals surface area contributed by atoms with Crippen molar-refractivity contribution in [3.63, 3.8) is 0 Å². The minimum Gasteiger partial charge on any atom is -0.372 e. The summed E-state index contributed by atoms with van der Waals surface area (Å²) in [4.78, 5) is 46.3. The molecule has 3 aromatic rings. The molecule has 1 aliphatic rings. The molecular formula is C27H30Cl2N4O4. The third-order valence-corrected chi connectivity index (χ3v) is 7.70. The van der Waals surface area contributed by atoms with E-state index < -0.39 is 6.10 Å². The lowest BCUT2D eigenvalue weighted by molar-refractivity contribution is -0.142. The predicted octanol–water partition coefficient (Wildman–Crippen LogP) is 4.10. The molecule has 0 bridgehead atoms. The van der Waals surface area contributed by atoms with Gasteiger partial charge in [-0.15, -0.1) is 0 Å². The van der Waals surface area contributed by atoms with Crippen molar-refractivity contribution in [1.29, 1.82) is 0 Å². The lowest BCUT2D eigenvalue weighted by atomic mass is 9.88. The van der Waals surface area contributed by atoms with Crippen LogP contribution < -0.4 is 5.56 Å². The average molecular weight is 545 g/mol. The molecule has 2 amide bonds. The smallest absolute Gasteiger partial charge is 0.261 e. The van der Waals surface area contributed by atoms with Crippen LogP contribution in [0.4, 0.5) is 0 Å². The summed E-state index contributed by atoms with van der Waals surface area (Å²) in [5, 5.41) is 1.35. The topological polar surface area (TPSA) is 84.7 Å². The van der Waals surface area contributed by atoms with Gasteiger partial charge in [0.05, 0.1) is 27.3 Å². The molecule has 0 unspecified atom stereocenters. The Morgan fingerprint density at radius 3 is 2.54 bits per heavy atom. The van der Waals surface area contributed by atoms with Gasteiger partial charge in [0.1, 0.15) is 12.6 Å². The van der Waals surface area contributed by atoms with Gasteiger partial charge in [-0.2, -0.15) is 0 Å². The Hall–Kier alpha value is -2.94. The van der Waals surface area contributed by atoms with Crippen LogP contribution in [0.1, 0.15) is 36.8 Å². The second-order valence-electron chi connectivity index (χ2n) is 9.43. The minimum atomic E-state index is -0.451. The van der Waals surface area contributed by atoms with E-state index in [0.29, 0.717) is 40.6 Å². The van der Waals surface area contributed by atoms with Crippen molar-refractivity contribution in [1.82, 2.24) is 19.4 Å². The van der Waals surface area contributed by atoms with E-state index in [4.69, 9.17) is 27.9 Å². The maximum Gasteiger partial charge on any atom is 0.261 e. The summed E-state index contributed by atoms with van der Waals surface area (Å²) in [6.07, 6.45) is 2.57. The highest BCUT2D eigenvalue weighted by Gasteiger charge is 2.27. The summed E-state index contributed by atoms with van der Waals surface area (Å²) < 4.78 is 6.50. The Morgan fingerprint density at radius 2 is 1.86 bits per heavy atom. The van der Waals surface area contributed by atoms with Crippen molar-refractivity contribution < 1.29 is 14.3 Å². The molecule has 196 valence electrons. The molecule has 1 saturated heterocycles. The average Bonchev–Trinajstić information content (AvgIpc) is 2.91. The van der Waals surface area contributed by atoms with Crippen LogP contribution in [0, 0.1) is 0 Å². The zero-order chi connectivity index (χ0) is 26.7. The summed E-state index contributed by atoms with van der Waals surface area (Å²) in [5.41, 5.74) is 2.20. The zero-order valence-corrected chi connectivity index (χ0v) is 22.6. The van der Waals surface area contributed by atoms with Crippen LogP contribution in [0.3, 0.4) is 0 Å². The molecule has 0 spiro atoms. The zero-order valence-electron chi connectivity index (χ0n) is 21.1. The Kier molecular flexibility index (Phi) is 8.52. The predicted molar refractivity (Wildman–Crippen MR) is 144 cm³/mol. The molecule has 1 fully saturated rings. The van der Waals surface area contributed by atoms with Crippen LogP contribution in [0.2, 0.25) is 10.0 Å². The van der Waals surface area contributed by atoms with Crippen LogP contribution >= 0.6 is 23.2 Å². The second-order valence-corrected chi connectivity index (χ2v) is 10.2. The van der Waals surface area contributed by atoms with Gasteiger partial charge in [0.15, 0.2) is 0 Å². The van der Waals surface area contributed by atoms with Gasteiger partial charge in [0.2, 0.25) is 5.91 Å². The Morgan fingerprint density at radius 1 is 1.14 bits per heavy atom. The number of rotatable bonds is 7. The lowest BCUT2D eigenvalue weighted by Crippen LogP contribution is -2.43. The molecular weight excluding hydrogens is 515 g/mol. The fourth-order valence-electron chi connectivity index (χ4n) is 4.60. The molecule has 0 N–H and O–H groups in total. The first-order valence-corrected chi connectivity index (χ1v) is 12.9. The third kappa shape index (κ3) is 6.14. The maximum atomic E-state index is 13.3. The van der Waals surface area contributed by atoms with E-state index in [9.17, 15) is 14.4 Å². The van der Waals surface area contributed by atoms with Gasteiger partial charge in [0.25, 0.3) is 11.5 Å². The van der Waals surface area contributed by atoms with E-state index in [1.807, 2.05) is 29.2 Å². The Balaban J connectivity index is 1.46. The molecule has 0 saturated carbocycles. The molecule has 0 radical (unpaired) electrons. The van der Waals surface area contributed by atoms with Gasteiger partial charge < -0.3 is 14.5 Å². The largest absolute Gasteiger partial charge is 0.372 e. The molecule has 10 heteroatoms. The normalized spacial score (nSPS) is 15.1. The van der Waals surface area contributed by atoms with E-state index in [0.717, 1.165) is 24.0 Å². The van der Waals surface area contributed by atoms with Crippen molar-refractivity contribution in [3.05, 3.63) is 74.3 Å². The van der Waals surface area contributed by atoms with Crippen LogP contribution in [-0.2, 0) is 27.4 Å². The van der Waals surface area contributed by atoms with Crippen molar-refractivity contribution in [2.24, 2.45) is 0 Å². The molecule has 1 aliphatic heterocycles. The van der Waals surface area contributed by atoms with Crippen LogP contribution in [0.15, 0.2) is 47.5 Å². The number of benzene rings is 2. The molecule has 8 nitrogen and oxygen atoms in total. The highest BCUT2D eigenvalue weighted by molar-refractivity contribution is 6.42. The van der Waals surface area contributed by atoms with E-state index >= 15 is 0 Å². The first kappa shape index (κ1) is 27.1. The number of carbonyl (C=O) groups is 2. The number of ether oxygens (including phenoxy) is 1. The second kappa shape index (κ2) is 11.6. The highest BCUT2D eigenvalue weighted by Crippen LogP contribution is 2.29. The van der Waals surface area contributed by atoms with Gasteiger partial charge in [-0.25, -0.2) is 4.98 Å². The summed E-state index contributed by atoms with van der Waals surface area (Å²) >= 11 is 12.1. The van der Waals surface area contributed by atoms with Crippen molar-refractivity contribution >= 4 is 45.9 Å². The summed E-state index contributed by atoms with van der Waals surface area (Å²) in [6, 6.07) is 10.9. The maximum absolute atomic E-state index is 13.3. The fourth-order valence-corrected chi connectivity index (χ4v) is 4.92. The van der Waals surface area contributed by atoms with Gasteiger partial charge in [-0.05, 0) is 61.1 Å². The first-order valence-electron chi connectivity index (χ1n) is 12.2. The number of aromatic nitrogens is 2. The van der Waals surface area contributed by atoms with Crippen LogP contribution in [0.5, 0.6) is 0 Å². The number of hydrogen-bond donors (Lipinski definition) is 0. The quantitative estimate of drug-likeness (QED) is 0.447. The van der Waals surface area contributed by atoms with E-state index in [1.54, 1.807) is 26.1 Å². The van der Waals surface area contributed by atoms with Crippen LogP contribution in [-0.4, -0.2) is 64.5 Å². The number of nitrogens with zero attached hydrogens (tertiary/aromatic N) is 4. The van der Waals surface area contributed by atoms with Crippen molar-refractivity contribution in [3.8, 4) is 0 Å². The minimum absolute atomic E-state index is 0.000317. The van der Waals surface area contributed by atoms with Crippen LogP contribution in [0.25, 0.3) is 10.9 Å². The van der Waals surface area contributed by atoms with Gasteiger partial charge in [-0.3, -0.25) is 19.0 Å². The number of piperidine rings is 1. The first-order chi connectivity index (χ1) is 17.7. The number of likely N-dealkylation sites (tertiary alicyclic amines) is 1. The van der Waals surface area contributed by atoms with E-state index in [-0.39, 0.29) is 29.8 Å². The van der Waals surface area contributed by atoms with Gasteiger partial charge in [-0.1, -0.05) is 35.3 Å². The molecule has 37 heavy (non-hydrogen) atoms. The van der Waals surface area contributed by atoms with Crippen molar-refractivity contribution in [2.75, 3.05) is 27.2 Å².